The molecule has 2 N–H and O–H groups in total. The van der Waals surface area contributed by atoms with Crippen molar-refractivity contribution in [3.8, 4) is 5.75 Å². The van der Waals surface area contributed by atoms with Crippen molar-refractivity contribution in [2.24, 2.45) is 0 Å². The highest BCUT2D eigenvalue weighted by molar-refractivity contribution is 6.02. The molecule has 0 radical (unpaired) electrons. The first-order valence-electron chi connectivity index (χ1n) is 8.99. The topological polar surface area (TPSA) is 85.3 Å². The van der Waals surface area contributed by atoms with Crippen molar-refractivity contribution >= 4 is 23.2 Å². The highest BCUT2D eigenvalue weighted by Crippen LogP contribution is 2.31. The molecule has 7 heteroatoms. The third-order valence-corrected chi connectivity index (χ3v) is 4.46. The largest absolute Gasteiger partial charge is 0.478 e. The Morgan fingerprint density at radius 1 is 1.29 bits per heavy atom. The van der Waals surface area contributed by atoms with Gasteiger partial charge in [0.25, 0.3) is 5.91 Å². The van der Waals surface area contributed by atoms with Crippen molar-refractivity contribution in [2.45, 2.75) is 26.0 Å². The average Bonchev–Trinajstić information content (AvgIpc) is 3.16. The van der Waals surface area contributed by atoms with E-state index in [1.54, 1.807) is 18.6 Å². The van der Waals surface area contributed by atoms with Crippen LogP contribution < -0.4 is 15.4 Å². The lowest BCUT2D eigenvalue weighted by molar-refractivity contribution is -0.128. The second-order valence-electron chi connectivity index (χ2n) is 6.78. The van der Waals surface area contributed by atoms with Crippen LogP contribution in [0.5, 0.6) is 5.75 Å². The Bertz CT molecular complexity index is 1010. The minimum atomic E-state index is -0.857. The molecule has 0 saturated heterocycles. The lowest BCUT2D eigenvalue weighted by Crippen LogP contribution is -2.39. The summed E-state index contributed by atoms with van der Waals surface area (Å²) >= 11 is 0. The fourth-order valence-electron chi connectivity index (χ4n) is 3.12. The van der Waals surface area contributed by atoms with Gasteiger partial charge in [0.1, 0.15) is 5.75 Å². The van der Waals surface area contributed by atoms with Gasteiger partial charge in [0, 0.05) is 24.6 Å². The summed E-state index contributed by atoms with van der Waals surface area (Å²) in [5.74, 6) is -0.0251. The zero-order chi connectivity index (χ0) is 19.5. The van der Waals surface area contributed by atoms with Crippen LogP contribution in [0.4, 0.5) is 11.4 Å². The van der Waals surface area contributed by atoms with Crippen molar-refractivity contribution < 1.29 is 14.3 Å². The van der Waals surface area contributed by atoms with Crippen LogP contribution in [-0.2, 0) is 16.1 Å². The molecule has 0 aliphatic carbocycles. The van der Waals surface area contributed by atoms with Gasteiger partial charge in [-0.3, -0.25) is 9.59 Å². The smallest absolute Gasteiger partial charge is 0.266 e. The number of nitrogens with one attached hydrogen (secondary N) is 2. The van der Waals surface area contributed by atoms with Crippen LogP contribution in [0.3, 0.4) is 0 Å². The zero-order valence-electron chi connectivity index (χ0n) is 15.4. The number of amides is 2. The second-order valence-corrected chi connectivity index (χ2v) is 6.78. The monoisotopic (exact) mass is 376 g/mol. The molecule has 0 saturated carbocycles. The molecule has 1 aliphatic rings. The van der Waals surface area contributed by atoms with Gasteiger partial charge < -0.3 is 19.9 Å². The zero-order valence-corrected chi connectivity index (χ0v) is 15.4. The number of carbonyl (C=O) groups is 2. The van der Waals surface area contributed by atoms with Crippen LogP contribution >= 0.6 is 0 Å². The first-order valence-corrected chi connectivity index (χ1v) is 8.99. The minimum Gasteiger partial charge on any atom is -0.478 e. The number of nitrogens with zero attached hydrogens (tertiary/aromatic N) is 2. The van der Waals surface area contributed by atoms with Crippen LogP contribution in [0.2, 0.25) is 0 Å². The highest BCUT2D eigenvalue weighted by atomic mass is 16.5. The number of ether oxygens (including phenoxy) is 1. The van der Waals surface area contributed by atoms with Gasteiger partial charge in [-0.1, -0.05) is 18.2 Å². The van der Waals surface area contributed by atoms with E-state index in [1.807, 2.05) is 54.1 Å². The number of benzene rings is 2. The van der Waals surface area contributed by atoms with Crippen LogP contribution in [0.1, 0.15) is 17.5 Å². The Hall–Kier alpha value is -3.61. The molecule has 1 aromatic heterocycles. The average molecular weight is 376 g/mol. The number of hydrogen-bond donors (Lipinski definition) is 2. The van der Waals surface area contributed by atoms with Gasteiger partial charge in [0.15, 0.2) is 6.10 Å². The minimum absolute atomic E-state index is 0.0646. The van der Waals surface area contributed by atoms with Crippen LogP contribution in [0.15, 0.2) is 61.2 Å². The van der Waals surface area contributed by atoms with Crippen LogP contribution in [-0.4, -0.2) is 27.5 Å². The molecule has 2 heterocycles. The van der Waals surface area contributed by atoms with E-state index in [0.717, 1.165) is 11.1 Å². The number of fused-ring (bicyclic) bond motifs is 1. The highest BCUT2D eigenvalue weighted by Gasteiger charge is 2.29. The maximum Gasteiger partial charge on any atom is 0.266 e. The maximum atomic E-state index is 12.4. The Kier molecular flexibility index (Phi) is 4.80. The van der Waals surface area contributed by atoms with Gasteiger partial charge in [0.2, 0.25) is 5.91 Å². The Labute approximate surface area is 162 Å². The van der Waals surface area contributed by atoms with Crippen molar-refractivity contribution in [3.63, 3.8) is 0 Å². The fraction of sp³-hybridized carbons (Fsp3) is 0.190. The van der Waals surface area contributed by atoms with Crippen molar-refractivity contribution in [2.75, 3.05) is 10.6 Å². The SMILES string of the molecule is Cc1ccc2c(c1)NC(=O)C(CC(=O)Nc1cccc(Cn3ccnc3)c1)O2. The van der Waals surface area contributed by atoms with Crippen molar-refractivity contribution in [1.82, 2.24) is 9.55 Å². The van der Waals surface area contributed by atoms with E-state index in [1.165, 1.54) is 0 Å². The first-order chi connectivity index (χ1) is 13.6. The summed E-state index contributed by atoms with van der Waals surface area (Å²) < 4.78 is 7.66. The molecule has 3 aromatic rings. The first kappa shape index (κ1) is 17.8. The number of rotatable bonds is 5. The molecule has 7 nitrogen and oxygen atoms in total. The van der Waals surface area contributed by atoms with Gasteiger partial charge >= 0.3 is 0 Å². The van der Waals surface area contributed by atoms with Gasteiger partial charge in [-0.15, -0.1) is 0 Å². The summed E-state index contributed by atoms with van der Waals surface area (Å²) in [6, 6.07) is 13.1. The molecule has 1 aliphatic heterocycles. The Morgan fingerprint density at radius 3 is 3.00 bits per heavy atom. The maximum absolute atomic E-state index is 12.4. The van der Waals surface area contributed by atoms with Gasteiger partial charge in [-0.25, -0.2) is 4.98 Å². The molecule has 4 rings (SSSR count). The molecule has 1 unspecified atom stereocenters. The van der Waals surface area contributed by atoms with Crippen molar-refractivity contribution in [3.05, 3.63) is 72.3 Å². The lowest BCUT2D eigenvalue weighted by Gasteiger charge is -2.25. The summed E-state index contributed by atoms with van der Waals surface area (Å²) in [5, 5.41) is 5.64. The van der Waals surface area contributed by atoms with E-state index in [0.29, 0.717) is 23.7 Å². The number of carbonyl (C=O) groups excluding carboxylic acids is 2. The fourth-order valence-corrected chi connectivity index (χ4v) is 3.12. The molecule has 2 aromatic carbocycles. The molecular weight excluding hydrogens is 356 g/mol. The van der Waals surface area contributed by atoms with Crippen molar-refractivity contribution in [1.29, 1.82) is 0 Å². The van der Waals surface area contributed by atoms with Crippen LogP contribution in [0, 0.1) is 6.92 Å². The third-order valence-electron chi connectivity index (χ3n) is 4.46. The van der Waals surface area contributed by atoms with E-state index >= 15 is 0 Å². The standard InChI is InChI=1S/C21H20N4O3/c1-14-5-6-18-17(9-14)24-21(27)19(28-18)11-20(26)23-16-4-2-3-15(10-16)12-25-8-7-22-13-25/h2-10,13,19H,11-12H2,1H3,(H,23,26)(H,24,27). The number of anilines is 2. The normalized spacial score (nSPS) is 15.3. The van der Waals surface area contributed by atoms with E-state index in [-0.39, 0.29) is 18.2 Å². The molecule has 142 valence electrons. The molecule has 1 atom stereocenters. The number of imidazole rings is 1. The molecule has 0 fully saturated rings. The molecular formula is C21H20N4O3. The predicted molar refractivity (Wildman–Crippen MR) is 105 cm³/mol. The molecule has 0 bridgehead atoms. The van der Waals surface area contributed by atoms with E-state index in [4.69, 9.17) is 4.74 Å². The van der Waals surface area contributed by atoms with E-state index in [9.17, 15) is 9.59 Å². The van der Waals surface area contributed by atoms with Gasteiger partial charge in [-0.05, 0) is 42.3 Å². The summed E-state index contributed by atoms with van der Waals surface area (Å²) in [4.78, 5) is 28.7. The lowest BCUT2D eigenvalue weighted by atomic mass is 10.1. The third kappa shape index (κ3) is 4.03. The number of aryl methyl sites for hydroxylation is 1. The number of hydrogen-bond acceptors (Lipinski definition) is 4. The van der Waals surface area contributed by atoms with Gasteiger partial charge in [-0.2, -0.15) is 0 Å². The number of aromatic nitrogens is 2. The molecule has 2 amide bonds. The molecule has 28 heavy (non-hydrogen) atoms. The molecule has 0 spiro atoms. The summed E-state index contributed by atoms with van der Waals surface area (Å²) in [6.45, 7) is 2.60. The second kappa shape index (κ2) is 7.56. The predicted octanol–water partition coefficient (Wildman–Crippen LogP) is 2.97. The summed E-state index contributed by atoms with van der Waals surface area (Å²) in [5.41, 5.74) is 3.37. The van der Waals surface area contributed by atoms with E-state index in [2.05, 4.69) is 15.6 Å². The Balaban J connectivity index is 1.39. The van der Waals surface area contributed by atoms with Gasteiger partial charge in [0.05, 0.1) is 18.4 Å². The Morgan fingerprint density at radius 2 is 2.18 bits per heavy atom. The van der Waals surface area contributed by atoms with Crippen LogP contribution in [0.25, 0.3) is 0 Å². The summed E-state index contributed by atoms with van der Waals surface area (Å²) in [7, 11) is 0. The quantitative estimate of drug-likeness (QED) is 0.717. The van der Waals surface area contributed by atoms with E-state index < -0.39 is 6.10 Å². The summed E-state index contributed by atoms with van der Waals surface area (Å²) in [6.07, 6.45) is 4.42.